The Morgan fingerprint density at radius 3 is 2.40 bits per heavy atom. The number of rotatable bonds is 7. The van der Waals surface area contributed by atoms with Crippen LogP contribution >= 0.6 is 11.8 Å². The molecule has 1 atom stereocenters. The molecular formula is C17H29N3O4S. The molecule has 0 fully saturated rings. The molecule has 1 rings (SSSR count). The highest BCUT2D eigenvalue weighted by atomic mass is 32.2. The zero-order valence-electron chi connectivity index (χ0n) is 15.5. The van der Waals surface area contributed by atoms with Gasteiger partial charge in [0.1, 0.15) is 11.6 Å². The lowest BCUT2D eigenvalue weighted by Gasteiger charge is -2.23. The van der Waals surface area contributed by atoms with Crippen molar-refractivity contribution >= 4 is 23.8 Å². The number of thioether (sulfide) groups is 1. The predicted molar refractivity (Wildman–Crippen MR) is 101 cm³/mol. The maximum atomic E-state index is 12.3. The van der Waals surface area contributed by atoms with Gasteiger partial charge >= 0.3 is 6.09 Å². The number of aliphatic hydroxyl groups excluding tert-OH is 1. The van der Waals surface area contributed by atoms with Gasteiger partial charge in [-0.3, -0.25) is 9.78 Å². The smallest absolute Gasteiger partial charge is 0.408 e. The Labute approximate surface area is 153 Å². The molecule has 0 aliphatic carbocycles. The van der Waals surface area contributed by atoms with Gasteiger partial charge in [-0.15, -0.1) is 0 Å². The number of carbonyl (C=O) groups is 2. The van der Waals surface area contributed by atoms with Crippen LogP contribution in [0, 0.1) is 0 Å². The number of hydrogen-bond acceptors (Lipinski definition) is 6. The van der Waals surface area contributed by atoms with E-state index >= 15 is 0 Å². The topological polar surface area (TPSA) is 101 Å². The fourth-order valence-corrected chi connectivity index (χ4v) is 2.12. The molecule has 0 aromatic carbocycles. The molecule has 8 heteroatoms. The number of hydrogen-bond donors (Lipinski definition) is 3. The average Bonchev–Trinajstić information content (AvgIpc) is 2.55. The Morgan fingerprint density at radius 1 is 1.28 bits per heavy atom. The highest BCUT2D eigenvalue weighted by molar-refractivity contribution is 7.98. The van der Waals surface area contributed by atoms with Gasteiger partial charge in [-0.1, -0.05) is 0 Å². The number of aromatic nitrogens is 1. The van der Waals surface area contributed by atoms with Crippen molar-refractivity contribution in [3.8, 4) is 0 Å². The molecule has 1 heterocycles. The minimum Gasteiger partial charge on any atom is -0.444 e. The lowest BCUT2D eigenvalue weighted by molar-refractivity contribution is -0.123. The van der Waals surface area contributed by atoms with Crippen LogP contribution in [0.3, 0.4) is 0 Å². The molecule has 7 nitrogen and oxygen atoms in total. The zero-order chi connectivity index (χ0) is 19.3. The van der Waals surface area contributed by atoms with Crippen molar-refractivity contribution in [1.82, 2.24) is 15.6 Å². The quantitative estimate of drug-likeness (QED) is 0.630. The summed E-state index contributed by atoms with van der Waals surface area (Å²) in [5, 5.41) is 12.5. The maximum Gasteiger partial charge on any atom is 0.408 e. The number of aliphatic hydroxyl groups is 1. The molecule has 0 bridgehead atoms. The van der Waals surface area contributed by atoms with Gasteiger partial charge in [0, 0.05) is 38.2 Å². The summed E-state index contributed by atoms with van der Waals surface area (Å²) in [5.74, 6) is 0.599. The molecule has 25 heavy (non-hydrogen) atoms. The molecule has 0 saturated carbocycles. The van der Waals surface area contributed by atoms with Crippen molar-refractivity contribution < 1.29 is 19.4 Å². The number of nitrogens with one attached hydrogen (secondary N) is 2. The summed E-state index contributed by atoms with van der Waals surface area (Å²) in [6.07, 6.45) is 5.07. The Kier molecular flexibility index (Phi) is 11.6. The lowest BCUT2D eigenvalue weighted by Crippen LogP contribution is -2.49. The standard InChI is InChI=1S/C16H25N3O3S.CH4O/c1-16(2,3)22-15(21)19-13(14(20)18-9-10-23-4)11-12-5-7-17-8-6-12;1-2/h5-8,13H,9-11H2,1-4H3,(H,18,20)(H,19,21);2H,1H3. The van der Waals surface area contributed by atoms with Crippen LogP contribution in [0.2, 0.25) is 0 Å². The first-order valence-corrected chi connectivity index (χ1v) is 9.31. The molecule has 142 valence electrons. The number of amides is 2. The average molecular weight is 372 g/mol. The monoisotopic (exact) mass is 371 g/mol. The molecule has 1 aromatic heterocycles. The third kappa shape index (κ3) is 11.4. The van der Waals surface area contributed by atoms with E-state index in [1.165, 1.54) is 0 Å². The van der Waals surface area contributed by atoms with Crippen molar-refractivity contribution in [3.63, 3.8) is 0 Å². The van der Waals surface area contributed by atoms with Crippen LogP contribution in [0.1, 0.15) is 26.3 Å². The molecule has 3 N–H and O–H groups in total. The van der Waals surface area contributed by atoms with E-state index in [1.54, 1.807) is 44.9 Å². The van der Waals surface area contributed by atoms with Crippen molar-refractivity contribution in [2.45, 2.75) is 38.8 Å². The van der Waals surface area contributed by atoms with E-state index in [1.807, 2.05) is 18.4 Å². The summed E-state index contributed by atoms with van der Waals surface area (Å²) < 4.78 is 5.24. The van der Waals surface area contributed by atoms with Gasteiger partial charge in [0.2, 0.25) is 5.91 Å². The van der Waals surface area contributed by atoms with Gasteiger partial charge < -0.3 is 20.5 Å². The minimum absolute atomic E-state index is 0.221. The van der Waals surface area contributed by atoms with Crippen molar-refractivity contribution in [2.24, 2.45) is 0 Å². The first kappa shape index (κ1) is 23.2. The first-order valence-electron chi connectivity index (χ1n) is 7.91. The third-order valence-corrected chi connectivity index (χ3v) is 3.41. The molecule has 0 saturated heterocycles. The second-order valence-electron chi connectivity index (χ2n) is 6.04. The Morgan fingerprint density at radius 2 is 1.88 bits per heavy atom. The second kappa shape index (κ2) is 12.5. The number of carbonyl (C=O) groups excluding carboxylic acids is 2. The van der Waals surface area contributed by atoms with Gasteiger partial charge in [0.15, 0.2) is 0 Å². The van der Waals surface area contributed by atoms with E-state index in [9.17, 15) is 9.59 Å². The van der Waals surface area contributed by atoms with Gasteiger partial charge in [-0.05, 0) is 44.7 Å². The Hall–Kier alpha value is -1.80. The maximum absolute atomic E-state index is 12.3. The molecule has 0 aliphatic rings. The summed E-state index contributed by atoms with van der Waals surface area (Å²) in [4.78, 5) is 28.2. The molecule has 2 amide bonds. The van der Waals surface area contributed by atoms with Gasteiger partial charge in [-0.2, -0.15) is 11.8 Å². The summed E-state index contributed by atoms with van der Waals surface area (Å²) in [6, 6.07) is 2.95. The largest absolute Gasteiger partial charge is 0.444 e. The SMILES string of the molecule is CO.CSCCNC(=O)C(Cc1ccncc1)NC(=O)OC(C)(C)C. The fraction of sp³-hybridized carbons (Fsp3) is 0.588. The Bertz CT molecular complexity index is 506. The Balaban J connectivity index is 0.00000277. The predicted octanol–water partition coefficient (Wildman–Crippen LogP) is 1.61. The van der Waals surface area contributed by atoms with E-state index in [-0.39, 0.29) is 5.91 Å². The van der Waals surface area contributed by atoms with E-state index in [0.717, 1.165) is 18.4 Å². The number of ether oxygens (including phenoxy) is 1. The molecule has 1 unspecified atom stereocenters. The van der Waals surface area contributed by atoms with E-state index in [2.05, 4.69) is 15.6 Å². The molecule has 0 spiro atoms. The molecular weight excluding hydrogens is 342 g/mol. The van der Waals surface area contributed by atoms with Crippen LogP contribution in [-0.4, -0.2) is 59.4 Å². The first-order chi connectivity index (χ1) is 11.8. The van der Waals surface area contributed by atoms with Gasteiger partial charge in [0.25, 0.3) is 0 Å². The highest BCUT2D eigenvalue weighted by Crippen LogP contribution is 2.08. The van der Waals surface area contributed by atoms with Crippen molar-refractivity contribution in [2.75, 3.05) is 25.7 Å². The van der Waals surface area contributed by atoms with Crippen LogP contribution in [0.25, 0.3) is 0 Å². The third-order valence-electron chi connectivity index (χ3n) is 2.80. The zero-order valence-corrected chi connectivity index (χ0v) is 16.4. The van der Waals surface area contributed by atoms with E-state index in [0.29, 0.717) is 13.0 Å². The van der Waals surface area contributed by atoms with Crippen LogP contribution in [0.4, 0.5) is 4.79 Å². The van der Waals surface area contributed by atoms with Crippen LogP contribution in [0.5, 0.6) is 0 Å². The summed E-state index contributed by atoms with van der Waals surface area (Å²) in [5.41, 5.74) is 0.307. The van der Waals surface area contributed by atoms with Crippen LogP contribution in [0.15, 0.2) is 24.5 Å². The van der Waals surface area contributed by atoms with Crippen LogP contribution < -0.4 is 10.6 Å². The molecule has 0 aliphatic heterocycles. The van der Waals surface area contributed by atoms with E-state index < -0.39 is 17.7 Å². The minimum atomic E-state index is -0.686. The summed E-state index contributed by atoms with van der Waals surface area (Å²) >= 11 is 1.65. The lowest BCUT2D eigenvalue weighted by atomic mass is 10.1. The van der Waals surface area contributed by atoms with Crippen LogP contribution in [-0.2, 0) is 16.0 Å². The normalized spacial score (nSPS) is 11.6. The summed E-state index contributed by atoms with van der Waals surface area (Å²) in [7, 11) is 1.00. The molecule has 1 aromatic rings. The summed E-state index contributed by atoms with van der Waals surface area (Å²) in [6.45, 7) is 5.90. The number of pyridine rings is 1. The second-order valence-corrected chi connectivity index (χ2v) is 7.03. The van der Waals surface area contributed by atoms with Crippen molar-refractivity contribution in [3.05, 3.63) is 30.1 Å². The van der Waals surface area contributed by atoms with Crippen molar-refractivity contribution in [1.29, 1.82) is 0 Å². The fourth-order valence-electron chi connectivity index (χ4n) is 1.81. The van der Waals surface area contributed by atoms with Gasteiger partial charge in [0.05, 0.1) is 0 Å². The number of nitrogens with zero attached hydrogens (tertiary/aromatic N) is 1. The molecule has 0 radical (unpaired) electrons. The van der Waals surface area contributed by atoms with E-state index in [4.69, 9.17) is 9.84 Å². The number of alkyl carbamates (subject to hydrolysis) is 1. The van der Waals surface area contributed by atoms with Gasteiger partial charge in [-0.25, -0.2) is 4.79 Å². The highest BCUT2D eigenvalue weighted by Gasteiger charge is 2.24.